The number of hydrogen-bond donors (Lipinski definition) is 2. The van der Waals surface area contributed by atoms with E-state index in [1.165, 1.54) is 11.9 Å². The second-order valence-electron chi connectivity index (χ2n) is 4.72. The van der Waals surface area contributed by atoms with Gasteiger partial charge in [-0.05, 0) is 23.6 Å². The molecule has 2 N–H and O–H groups in total. The number of H-pyrrole nitrogens is 1. The van der Waals surface area contributed by atoms with Gasteiger partial charge in [0.05, 0.1) is 6.54 Å². The number of amides is 1. The first kappa shape index (κ1) is 14.0. The fraction of sp³-hybridized carbons (Fsp3) is 0.357. The lowest BCUT2D eigenvalue weighted by atomic mass is 10.0. The van der Waals surface area contributed by atoms with E-state index in [1.54, 1.807) is 0 Å². The van der Waals surface area contributed by atoms with Gasteiger partial charge >= 0.3 is 0 Å². The molecule has 1 amide bonds. The van der Waals surface area contributed by atoms with E-state index >= 15 is 0 Å². The van der Waals surface area contributed by atoms with Gasteiger partial charge in [-0.2, -0.15) is 5.10 Å². The molecule has 6 heteroatoms. The van der Waals surface area contributed by atoms with Crippen molar-refractivity contribution in [2.45, 2.75) is 26.3 Å². The van der Waals surface area contributed by atoms with Crippen molar-refractivity contribution in [3.8, 4) is 5.75 Å². The topological polar surface area (TPSA) is 79.9 Å². The van der Waals surface area contributed by atoms with Gasteiger partial charge in [0.15, 0.2) is 6.61 Å². The average molecular weight is 274 g/mol. The second-order valence-corrected chi connectivity index (χ2v) is 4.72. The molecule has 106 valence electrons. The summed E-state index contributed by atoms with van der Waals surface area (Å²) in [5, 5.41) is 9.07. The Balaban J connectivity index is 1.79. The largest absolute Gasteiger partial charge is 0.484 e. The van der Waals surface area contributed by atoms with E-state index in [2.05, 4.69) is 34.3 Å². The van der Waals surface area contributed by atoms with Gasteiger partial charge in [0.1, 0.15) is 17.9 Å². The molecule has 1 aromatic heterocycles. The summed E-state index contributed by atoms with van der Waals surface area (Å²) in [4.78, 5) is 15.5. The van der Waals surface area contributed by atoms with E-state index in [4.69, 9.17) is 4.74 Å². The van der Waals surface area contributed by atoms with E-state index in [0.29, 0.717) is 24.0 Å². The molecule has 0 spiro atoms. The Labute approximate surface area is 117 Å². The molecule has 0 atom stereocenters. The quantitative estimate of drug-likeness (QED) is 0.839. The molecule has 0 saturated carbocycles. The maximum atomic E-state index is 11.6. The summed E-state index contributed by atoms with van der Waals surface area (Å²) in [6.45, 7) is 4.52. The van der Waals surface area contributed by atoms with Crippen molar-refractivity contribution < 1.29 is 9.53 Å². The van der Waals surface area contributed by atoms with Crippen LogP contribution in [0.15, 0.2) is 30.6 Å². The van der Waals surface area contributed by atoms with Crippen LogP contribution in [0.1, 0.15) is 31.2 Å². The molecule has 2 aromatic rings. The Morgan fingerprint density at radius 1 is 1.45 bits per heavy atom. The van der Waals surface area contributed by atoms with Crippen LogP contribution in [0.4, 0.5) is 0 Å². The maximum Gasteiger partial charge on any atom is 0.258 e. The van der Waals surface area contributed by atoms with Crippen LogP contribution in [0.3, 0.4) is 0 Å². The Kier molecular flexibility index (Phi) is 4.70. The van der Waals surface area contributed by atoms with Crippen LogP contribution in [0.5, 0.6) is 5.75 Å². The van der Waals surface area contributed by atoms with Crippen molar-refractivity contribution in [2.75, 3.05) is 6.61 Å². The molecule has 0 fully saturated rings. The molecule has 6 nitrogen and oxygen atoms in total. The lowest BCUT2D eigenvalue weighted by Gasteiger charge is -2.09. The van der Waals surface area contributed by atoms with Crippen molar-refractivity contribution in [3.63, 3.8) is 0 Å². The number of benzene rings is 1. The lowest BCUT2D eigenvalue weighted by Crippen LogP contribution is -2.28. The number of carbonyl (C=O) groups is 1. The van der Waals surface area contributed by atoms with Crippen LogP contribution >= 0.6 is 0 Å². The van der Waals surface area contributed by atoms with Gasteiger partial charge in [-0.1, -0.05) is 26.0 Å². The minimum absolute atomic E-state index is 0.0182. The first-order chi connectivity index (χ1) is 9.65. The monoisotopic (exact) mass is 274 g/mol. The summed E-state index contributed by atoms with van der Waals surface area (Å²) in [5.41, 5.74) is 1.18. The van der Waals surface area contributed by atoms with E-state index < -0.39 is 0 Å². The molecule has 0 aliphatic carbocycles. The van der Waals surface area contributed by atoms with Crippen LogP contribution in [0, 0.1) is 0 Å². The molecule has 0 radical (unpaired) electrons. The van der Waals surface area contributed by atoms with Gasteiger partial charge in [-0.25, -0.2) is 4.98 Å². The number of aromatic nitrogens is 3. The van der Waals surface area contributed by atoms with Crippen LogP contribution in [-0.4, -0.2) is 27.7 Å². The van der Waals surface area contributed by atoms with Gasteiger partial charge in [0.2, 0.25) is 0 Å². The van der Waals surface area contributed by atoms with Gasteiger partial charge in [-0.3, -0.25) is 9.89 Å². The standard InChI is InChI=1S/C14H18N4O2/c1-10(2)11-4-3-5-12(6-11)20-8-14(19)15-7-13-16-9-17-18-13/h3-6,9-10H,7-8H2,1-2H3,(H,15,19)(H,16,17,18). The third kappa shape index (κ3) is 4.08. The molecular formula is C14H18N4O2. The Hall–Kier alpha value is -2.37. The summed E-state index contributed by atoms with van der Waals surface area (Å²) >= 11 is 0. The van der Waals surface area contributed by atoms with Crippen molar-refractivity contribution in [3.05, 3.63) is 42.0 Å². The zero-order valence-electron chi connectivity index (χ0n) is 11.6. The van der Waals surface area contributed by atoms with Crippen molar-refractivity contribution in [1.82, 2.24) is 20.5 Å². The minimum atomic E-state index is -0.198. The highest BCUT2D eigenvalue weighted by Gasteiger charge is 2.05. The van der Waals surface area contributed by atoms with Crippen molar-refractivity contribution >= 4 is 5.91 Å². The zero-order chi connectivity index (χ0) is 14.4. The second kappa shape index (κ2) is 6.70. The van der Waals surface area contributed by atoms with Crippen LogP contribution in [-0.2, 0) is 11.3 Å². The fourth-order valence-corrected chi connectivity index (χ4v) is 1.66. The normalized spacial score (nSPS) is 10.6. The smallest absolute Gasteiger partial charge is 0.258 e. The fourth-order valence-electron chi connectivity index (χ4n) is 1.66. The van der Waals surface area contributed by atoms with Gasteiger partial charge in [0, 0.05) is 0 Å². The first-order valence-electron chi connectivity index (χ1n) is 6.49. The van der Waals surface area contributed by atoms with Crippen LogP contribution in [0.25, 0.3) is 0 Å². The highest BCUT2D eigenvalue weighted by atomic mass is 16.5. The molecular weight excluding hydrogens is 256 g/mol. The summed E-state index contributed by atoms with van der Waals surface area (Å²) in [6, 6.07) is 7.77. The minimum Gasteiger partial charge on any atom is -0.484 e. The number of hydrogen-bond acceptors (Lipinski definition) is 4. The van der Waals surface area contributed by atoms with Crippen LogP contribution in [0.2, 0.25) is 0 Å². The molecule has 0 bridgehead atoms. The maximum absolute atomic E-state index is 11.6. The predicted octanol–water partition coefficient (Wildman–Crippen LogP) is 1.62. The zero-order valence-corrected chi connectivity index (χ0v) is 11.6. The number of ether oxygens (including phenoxy) is 1. The highest BCUT2D eigenvalue weighted by molar-refractivity contribution is 5.77. The third-order valence-corrected chi connectivity index (χ3v) is 2.81. The third-order valence-electron chi connectivity index (χ3n) is 2.81. The first-order valence-corrected chi connectivity index (χ1v) is 6.49. The number of nitrogens with zero attached hydrogens (tertiary/aromatic N) is 2. The molecule has 1 heterocycles. The molecule has 2 rings (SSSR count). The number of carbonyl (C=O) groups excluding carboxylic acids is 1. The van der Waals surface area contributed by atoms with Gasteiger partial charge in [-0.15, -0.1) is 0 Å². The van der Waals surface area contributed by atoms with E-state index in [1.807, 2.05) is 24.3 Å². The molecule has 0 aliphatic heterocycles. The van der Waals surface area contributed by atoms with Gasteiger partial charge < -0.3 is 10.1 Å². The summed E-state index contributed by atoms with van der Waals surface area (Å²) in [6.07, 6.45) is 1.40. The number of rotatable bonds is 6. The molecule has 1 aromatic carbocycles. The molecule has 0 unspecified atom stereocenters. The SMILES string of the molecule is CC(C)c1cccc(OCC(=O)NCc2ncn[nH]2)c1. The highest BCUT2D eigenvalue weighted by Crippen LogP contribution is 2.19. The summed E-state index contributed by atoms with van der Waals surface area (Å²) in [7, 11) is 0. The van der Waals surface area contributed by atoms with Gasteiger partial charge in [0.25, 0.3) is 5.91 Å². The van der Waals surface area contributed by atoms with Crippen molar-refractivity contribution in [1.29, 1.82) is 0 Å². The Morgan fingerprint density at radius 3 is 3.00 bits per heavy atom. The number of nitrogens with one attached hydrogen (secondary N) is 2. The van der Waals surface area contributed by atoms with E-state index in [9.17, 15) is 4.79 Å². The molecule has 20 heavy (non-hydrogen) atoms. The van der Waals surface area contributed by atoms with E-state index in [-0.39, 0.29) is 12.5 Å². The lowest BCUT2D eigenvalue weighted by molar-refractivity contribution is -0.123. The number of aromatic amines is 1. The Bertz CT molecular complexity index is 552. The van der Waals surface area contributed by atoms with Crippen LogP contribution < -0.4 is 10.1 Å². The summed E-state index contributed by atoms with van der Waals surface area (Å²) in [5.74, 6) is 1.54. The van der Waals surface area contributed by atoms with Crippen molar-refractivity contribution in [2.24, 2.45) is 0 Å². The predicted molar refractivity (Wildman–Crippen MR) is 74.3 cm³/mol. The molecule has 0 aliphatic rings. The molecule has 0 saturated heterocycles. The van der Waals surface area contributed by atoms with E-state index in [0.717, 1.165) is 0 Å². The average Bonchev–Trinajstić information content (AvgIpc) is 2.96. The Morgan fingerprint density at radius 2 is 2.30 bits per heavy atom. The summed E-state index contributed by atoms with van der Waals surface area (Å²) < 4.78 is 5.47.